The van der Waals surface area contributed by atoms with Crippen molar-refractivity contribution < 1.29 is 4.79 Å². The zero-order chi connectivity index (χ0) is 18.0. The summed E-state index contributed by atoms with van der Waals surface area (Å²) in [5.74, 6) is -0.284. The van der Waals surface area contributed by atoms with Crippen molar-refractivity contribution in [3.63, 3.8) is 0 Å². The number of piperazine rings is 1. The Kier molecular flexibility index (Phi) is 4.94. The number of benzene rings is 1. The Hall–Kier alpha value is -2.54. The average molecular weight is 343 g/mol. The molecule has 1 aliphatic rings. The number of H-pyrrole nitrogens is 1. The smallest absolute Gasteiger partial charge is 0.325 e. The van der Waals surface area contributed by atoms with Crippen LogP contribution in [0.15, 0.2) is 35.3 Å². The summed E-state index contributed by atoms with van der Waals surface area (Å²) in [6, 6.07) is 8.16. The summed E-state index contributed by atoms with van der Waals surface area (Å²) in [7, 11) is 3.75. The zero-order valence-electron chi connectivity index (χ0n) is 15.0. The summed E-state index contributed by atoms with van der Waals surface area (Å²) in [5.41, 5.74) is 2.22. The van der Waals surface area contributed by atoms with E-state index in [0.717, 1.165) is 31.7 Å². The minimum Gasteiger partial charge on any atom is -0.369 e. The number of aromatic amines is 1. The quantitative estimate of drug-likeness (QED) is 0.867. The second-order valence-corrected chi connectivity index (χ2v) is 6.66. The molecule has 134 valence electrons. The maximum Gasteiger partial charge on any atom is 0.325 e. The number of carbonyl (C=O) groups excluding carboxylic acids is 1. The molecule has 7 heteroatoms. The molecule has 0 aliphatic carbocycles. The number of nitrogens with zero attached hydrogens (tertiary/aromatic N) is 3. The lowest BCUT2D eigenvalue weighted by Crippen LogP contribution is -2.44. The number of imidazole rings is 1. The molecule has 25 heavy (non-hydrogen) atoms. The fourth-order valence-electron chi connectivity index (χ4n) is 3.00. The third-order valence-corrected chi connectivity index (χ3v) is 4.74. The molecule has 1 atom stereocenters. The number of amides is 1. The van der Waals surface area contributed by atoms with Gasteiger partial charge in [0, 0.05) is 45.1 Å². The number of aromatic nitrogens is 2. The van der Waals surface area contributed by atoms with Crippen LogP contribution in [0, 0.1) is 0 Å². The molecule has 1 fully saturated rings. The van der Waals surface area contributed by atoms with E-state index in [9.17, 15) is 9.59 Å². The molecule has 0 saturated carbocycles. The maximum atomic E-state index is 12.2. The lowest BCUT2D eigenvalue weighted by Gasteiger charge is -2.34. The van der Waals surface area contributed by atoms with Gasteiger partial charge in [0.05, 0.1) is 6.04 Å². The molecule has 1 aliphatic heterocycles. The largest absolute Gasteiger partial charge is 0.369 e. The first-order valence-corrected chi connectivity index (χ1v) is 8.54. The number of nitrogens with one attached hydrogen (secondary N) is 2. The summed E-state index contributed by atoms with van der Waals surface area (Å²) in [6.45, 7) is 6.14. The third-order valence-electron chi connectivity index (χ3n) is 4.74. The number of hydrogen-bond donors (Lipinski definition) is 2. The van der Waals surface area contributed by atoms with Gasteiger partial charge in [-0.15, -0.1) is 0 Å². The van der Waals surface area contributed by atoms with E-state index in [2.05, 4.69) is 39.3 Å². The first kappa shape index (κ1) is 17.3. The molecule has 1 aromatic heterocycles. The number of rotatable bonds is 4. The minimum absolute atomic E-state index is 0.141. The van der Waals surface area contributed by atoms with Crippen LogP contribution in [-0.2, 0) is 7.05 Å². The first-order valence-electron chi connectivity index (χ1n) is 8.54. The highest BCUT2D eigenvalue weighted by molar-refractivity contribution is 5.92. The van der Waals surface area contributed by atoms with Crippen molar-refractivity contribution in [3.05, 3.63) is 52.2 Å². The van der Waals surface area contributed by atoms with Crippen molar-refractivity contribution in [1.82, 2.24) is 19.8 Å². The van der Waals surface area contributed by atoms with E-state index in [1.807, 2.05) is 19.1 Å². The number of likely N-dealkylation sites (N-methyl/N-ethyl adjacent to an activating group) is 1. The van der Waals surface area contributed by atoms with Gasteiger partial charge < -0.3 is 24.7 Å². The molecule has 3 rings (SSSR count). The fraction of sp³-hybridized carbons (Fsp3) is 0.444. The van der Waals surface area contributed by atoms with E-state index < -0.39 is 0 Å². The minimum atomic E-state index is -0.297. The summed E-state index contributed by atoms with van der Waals surface area (Å²) in [5, 5.41) is 2.92. The molecule has 0 radical (unpaired) electrons. The molecule has 2 aromatic rings. The summed E-state index contributed by atoms with van der Waals surface area (Å²) < 4.78 is 1.35. The van der Waals surface area contributed by atoms with Gasteiger partial charge in [-0.05, 0) is 31.7 Å². The molecule has 1 unspecified atom stereocenters. The molecule has 2 N–H and O–H groups in total. The van der Waals surface area contributed by atoms with Gasteiger partial charge in [-0.1, -0.05) is 12.1 Å². The van der Waals surface area contributed by atoms with Crippen LogP contribution in [-0.4, -0.2) is 53.6 Å². The van der Waals surface area contributed by atoms with E-state index in [1.54, 1.807) is 7.05 Å². The van der Waals surface area contributed by atoms with Crippen molar-refractivity contribution >= 4 is 11.6 Å². The molecule has 1 saturated heterocycles. The zero-order valence-corrected chi connectivity index (χ0v) is 15.0. The second kappa shape index (κ2) is 7.14. The monoisotopic (exact) mass is 343 g/mol. The van der Waals surface area contributed by atoms with Gasteiger partial charge >= 0.3 is 5.69 Å². The Labute approximate surface area is 147 Å². The van der Waals surface area contributed by atoms with Crippen molar-refractivity contribution in [2.75, 3.05) is 38.1 Å². The predicted molar refractivity (Wildman–Crippen MR) is 98.1 cm³/mol. The number of anilines is 1. The van der Waals surface area contributed by atoms with Crippen molar-refractivity contribution in [1.29, 1.82) is 0 Å². The summed E-state index contributed by atoms with van der Waals surface area (Å²) >= 11 is 0. The first-order chi connectivity index (χ1) is 11.9. The van der Waals surface area contributed by atoms with Crippen LogP contribution < -0.4 is 15.9 Å². The van der Waals surface area contributed by atoms with Gasteiger partial charge in [-0.25, -0.2) is 4.79 Å². The Morgan fingerprint density at radius 1 is 1.12 bits per heavy atom. The standard InChI is InChI=1S/C18H25N5O2/c1-13(19-17(24)16-12-22(3)18(25)20-16)14-4-6-15(7-5-14)23-10-8-21(2)9-11-23/h4-7,12-13H,8-11H2,1-3H3,(H,19,24)(H,20,25). The molecule has 0 bridgehead atoms. The van der Waals surface area contributed by atoms with Gasteiger partial charge in [-0.3, -0.25) is 4.79 Å². The predicted octanol–water partition coefficient (Wildman–Crippen LogP) is 0.956. The van der Waals surface area contributed by atoms with E-state index in [-0.39, 0.29) is 23.3 Å². The molecule has 1 aromatic carbocycles. The van der Waals surface area contributed by atoms with Crippen LogP contribution in [0.25, 0.3) is 0 Å². The lowest BCUT2D eigenvalue weighted by atomic mass is 10.1. The van der Waals surface area contributed by atoms with Gasteiger partial charge in [0.25, 0.3) is 5.91 Å². The molecular formula is C18H25N5O2. The van der Waals surface area contributed by atoms with Gasteiger partial charge in [0.15, 0.2) is 0 Å². The Morgan fingerprint density at radius 2 is 1.76 bits per heavy atom. The van der Waals surface area contributed by atoms with Crippen molar-refractivity contribution in [2.45, 2.75) is 13.0 Å². The number of hydrogen-bond acceptors (Lipinski definition) is 4. The SMILES string of the molecule is CC(NC(=O)c1cn(C)c(=O)[nH]1)c1ccc(N2CCN(C)CC2)cc1. The lowest BCUT2D eigenvalue weighted by molar-refractivity contribution is 0.0935. The molecule has 7 nitrogen and oxygen atoms in total. The van der Waals surface area contributed by atoms with Crippen molar-refractivity contribution in [2.24, 2.45) is 7.05 Å². The third kappa shape index (κ3) is 3.93. The van der Waals surface area contributed by atoms with Crippen LogP contribution in [0.5, 0.6) is 0 Å². The fourth-order valence-corrected chi connectivity index (χ4v) is 3.00. The molecular weight excluding hydrogens is 318 g/mol. The normalized spacial score (nSPS) is 16.7. The summed E-state index contributed by atoms with van der Waals surface area (Å²) in [4.78, 5) is 30.9. The van der Waals surface area contributed by atoms with E-state index in [0.29, 0.717) is 0 Å². The highest BCUT2D eigenvalue weighted by Gasteiger charge is 2.16. The number of carbonyl (C=O) groups is 1. The maximum absolute atomic E-state index is 12.2. The highest BCUT2D eigenvalue weighted by Crippen LogP contribution is 2.20. The Balaban J connectivity index is 1.63. The Morgan fingerprint density at radius 3 is 2.32 bits per heavy atom. The molecule has 2 heterocycles. The molecule has 1 amide bonds. The van der Waals surface area contributed by atoms with Gasteiger partial charge in [0.2, 0.25) is 0 Å². The second-order valence-electron chi connectivity index (χ2n) is 6.66. The van der Waals surface area contributed by atoms with Crippen LogP contribution in [0.1, 0.15) is 29.0 Å². The summed E-state index contributed by atoms with van der Waals surface area (Å²) in [6.07, 6.45) is 1.50. The van der Waals surface area contributed by atoms with Crippen LogP contribution in [0.3, 0.4) is 0 Å². The van der Waals surface area contributed by atoms with Crippen LogP contribution in [0.2, 0.25) is 0 Å². The van der Waals surface area contributed by atoms with E-state index in [4.69, 9.17) is 0 Å². The van der Waals surface area contributed by atoms with Gasteiger partial charge in [-0.2, -0.15) is 0 Å². The van der Waals surface area contributed by atoms with Gasteiger partial charge in [0.1, 0.15) is 5.69 Å². The van der Waals surface area contributed by atoms with Crippen molar-refractivity contribution in [3.8, 4) is 0 Å². The molecule has 0 spiro atoms. The van der Waals surface area contributed by atoms with E-state index in [1.165, 1.54) is 16.5 Å². The Bertz CT molecular complexity index is 785. The number of aryl methyl sites for hydroxylation is 1. The van der Waals surface area contributed by atoms with E-state index >= 15 is 0 Å². The topological polar surface area (TPSA) is 73.4 Å². The van der Waals surface area contributed by atoms with Crippen LogP contribution >= 0.6 is 0 Å². The van der Waals surface area contributed by atoms with Crippen LogP contribution in [0.4, 0.5) is 5.69 Å². The average Bonchev–Trinajstić information content (AvgIpc) is 2.95. The highest BCUT2D eigenvalue weighted by atomic mass is 16.2.